The number of benzene rings is 2. The van der Waals surface area contributed by atoms with Crippen molar-refractivity contribution in [2.75, 3.05) is 0 Å². The van der Waals surface area contributed by atoms with Crippen LogP contribution in [-0.4, -0.2) is 27.8 Å². The molecule has 3 aromatic rings. The van der Waals surface area contributed by atoms with Gasteiger partial charge in [0.2, 0.25) is 0 Å². The van der Waals surface area contributed by atoms with Gasteiger partial charge in [-0.3, -0.25) is 15.0 Å². The summed E-state index contributed by atoms with van der Waals surface area (Å²) >= 11 is 1.33. The molecule has 2 N–H and O–H groups in total. The molecule has 4 rings (SSSR count). The van der Waals surface area contributed by atoms with Crippen LogP contribution in [0, 0.1) is 0 Å². The highest BCUT2D eigenvalue weighted by molar-refractivity contribution is 7.13. The molecule has 8 heteroatoms. The molecule has 1 fully saturated rings. The summed E-state index contributed by atoms with van der Waals surface area (Å²) in [5.74, 6) is -0.753. The number of nitrogens with zero attached hydrogens (tertiary/aromatic N) is 2. The Bertz CT molecular complexity index is 1140. The number of urea groups is 1. The van der Waals surface area contributed by atoms with Gasteiger partial charge in [-0.25, -0.2) is 9.78 Å². The molecule has 0 saturated carbocycles. The SMILES string of the molecule is CC(C)c1ccc(-c2nc(C(=O)NN3C(=O)N[C@@](C)(c4ccccc4)C3=O)cs2)cc1. The Labute approximate surface area is 184 Å². The maximum atomic E-state index is 12.9. The van der Waals surface area contributed by atoms with Crippen LogP contribution < -0.4 is 10.7 Å². The number of nitrogens with one attached hydrogen (secondary N) is 2. The molecule has 0 bridgehead atoms. The zero-order valence-electron chi connectivity index (χ0n) is 17.4. The van der Waals surface area contributed by atoms with Crippen molar-refractivity contribution in [3.8, 4) is 10.6 Å². The van der Waals surface area contributed by atoms with Crippen molar-refractivity contribution in [1.82, 2.24) is 20.7 Å². The molecule has 1 saturated heterocycles. The topological polar surface area (TPSA) is 91.4 Å². The zero-order chi connectivity index (χ0) is 22.2. The first-order chi connectivity index (χ1) is 14.8. The third-order valence-corrected chi connectivity index (χ3v) is 6.21. The molecule has 0 radical (unpaired) electrons. The number of hydrogen-bond donors (Lipinski definition) is 2. The smallest absolute Gasteiger partial charge is 0.318 e. The molecule has 1 atom stereocenters. The Morgan fingerprint density at radius 3 is 2.42 bits per heavy atom. The zero-order valence-corrected chi connectivity index (χ0v) is 18.2. The highest BCUT2D eigenvalue weighted by Gasteiger charge is 2.50. The Morgan fingerprint density at radius 1 is 1.10 bits per heavy atom. The molecule has 2 heterocycles. The third kappa shape index (κ3) is 3.82. The Balaban J connectivity index is 1.50. The Morgan fingerprint density at radius 2 is 1.77 bits per heavy atom. The van der Waals surface area contributed by atoms with Gasteiger partial charge in [-0.15, -0.1) is 11.3 Å². The molecule has 0 aliphatic carbocycles. The molecule has 2 aromatic carbocycles. The van der Waals surface area contributed by atoms with E-state index in [0.29, 0.717) is 21.5 Å². The second-order valence-electron chi connectivity index (χ2n) is 7.82. The van der Waals surface area contributed by atoms with Gasteiger partial charge in [0, 0.05) is 10.9 Å². The van der Waals surface area contributed by atoms with E-state index in [2.05, 4.69) is 29.6 Å². The van der Waals surface area contributed by atoms with Crippen LogP contribution in [0.1, 0.15) is 48.3 Å². The van der Waals surface area contributed by atoms with Crippen LogP contribution in [0.2, 0.25) is 0 Å². The first kappa shape index (κ1) is 20.7. The van der Waals surface area contributed by atoms with E-state index in [0.717, 1.165) is 5.56 Å². The summed E-state index contributed by atoms with van der Waals surface area (Å²) in [6.45, 7) is 5.86. The summed E-state index contributed by atoms with van der Waals surface area (Å²) in [5.41, 5.74) is 4.03. The monoisotopic (exact) mass is 434 g/mol. The van der Waals surface area contributed by atoms with Gasteiger partial charge in [0.05, 0.1) is 0 Å². The van der Waals surface area contributed by atoms with Crippen LogP contribution in [-0.2, 0) is 10.3 Å². The summed E-state index contributed by atoms with van der Waals surface area (Å²) in [6.07, 6.45) is 0. The largest absolute Gasteiger partial charge is 0.344 e. The fourth-order valence-corrected chi connectivity index (χ4v) is 4.19. The lowest BCUT2D eigenvalue weighted by atomic mass is 9.92. The molecular weight excluding hydrogens is 412 g/mol. The molecule has 0 spiro atoms. The van der Waals surface area contributed by atoms with Gasteiger partial charge in [-0.2, -0.15) is 5.01 Å². The van der Waals surface area contributed by atoms with E-state index in [1.807, 2.05) is 30.3 Å². The summed E-state index contributed by atoms with van der Waals surface area (Å²) in [5, 5.41) is 5.66. The minimum Gasteiger partial charge on any atom is -0.318 e. The molecule has 31 heavy (non-hydrogen) atoms. The molecule has 158 valence electrons. The van der Waals surface area contributed by atoms with Crippen molar-refractivity contribution in [1.29, 1.82) is 0 Å². The van der Waals surface area contributed by atoms with Crippen LogP contribution in [0.3, 0.4) is 0 Å². The van der Waals surface area contributed by atoms with Crippen molar-refractivity contribution in [3.05, 3.63) is 76.8 Å². The van der Waals surface area contributed by atoms with E-state index in [1.165, 1.54) is 16.9 Å². The van der Waals surface area contributed by atoms with Crippen molar-refractivity contribution in [2.24, 2.45) is 0 Å². The standard InChI is InChI=1S/C23H22N4O3S/c1-14(2)15-9-11-16(12-10-15)20-24-18(13-31-20)19(28)26-27-21(29)23(3,25-22(27)30)17-7-5-4-6-8-17/h4-14H,1-3H3,(H,25,30)(H,26,28)/t23-/m0/s1. The average molecular weight is 435 g/mol. The van der Waals surface area contributed by atoms with Crippen molar-refractivity contribution in [2.45, 2.75) is 32.2 Å². The molecule has 7 nitrogen and oxygen atoms in total. The first-order valence-electron chi connectivity index (χ1n) is 9.88. The van der Waals surface area contributed by atoms with Crippen LogP contribution in [0.4, 0.5) is 4.79 Å². The fraction of sp³-hybridized carbons (Fsp3) is 0.217. The number of carbonyl (C=O) groups is 3. The quantitative estimate of drug-likeness (QED) is 0.593. The second-order valence-corrected chi connectivity index (χ2v) is 8.68. The van der Waals surface area contributed by atoms with E-state index in [1.54, 1.807) is 36.6 Å². The molecular formula is C23H22N4O3S. The lowest BCUT2D eigenvalue weighted by Gasteiger charge is -2.21. The number of rotatable bonds is 5. The molecule has 1 aromatic heterocycles. The van der Waals surface area contributed by atoms with E-state index < -0.39 is 23.4 Å². The number of hydrogen-bond acceptors (Lipinski definition) is 5. The van der Waals surface area contributed by atoms with Crippen LogP contribution in [0.25, 0.3) is 10.6 Å². The lowest BCUT2D eigenvalue weighted by molar-refractivity contribution is -0.132. The van der Waals surface area contributed by atoms with Crippen LogP contribution in [0.5, 0.6) is 0 Å². The number of thiazole rings is 1. The minimum absolute atomic E-state index is 0.141. The number of hydrazine groups is 1. The van der Waals surface area contributed by atoms with Crippen molar-refractivity contribution < 1.29 is 14.4 Å². The van der Waals surface area contributed by atoms with Crippen LogP contribution in [0.15, 0.2) is 60.0 Å². The predicted octanol–water partition coefficient (Wildman–Crippen LogP) is 4.05. The summed E-state index contributed by atoms with van der Waals surface area (Å²) in [6, 6.07) is 16.2. The number of carbonyl (C=O) groups excluding carboxylic acids is 3. The highest BCUT2D eigenvalue weighted by Crippen LogP contribution is 2.28. The van der Waals surface area contributed by atoms with Crippen molar-refractivity contribution >= 4 is 29.2 Å². The predicted molar refractivity (Wildman–Crippen MR) is 118 cm³/mol. The normalized spacial score (nSPS) is 18.4. The van der Waals surface area contributed by atoms with E-state index >= 15 is 0 Å². The number of aromatic nitrogens is 1. The van der Waals surface area contributed by atoms with E-state index in [4.69, 9.17) is 0 Å². The number of imide groups is 1. The van der Waals surface area contributed by atoms with Gasteiger partial charge < -0.3 is 5.32 Å². The minimum atomic E-state index is -1.25. The van der Waals surface area contributed by atoms with Gasteiger partial charge >= 0.3 is 6.03 Å². The summed E-state index contributed by atoms with van der Waals surface area (Å²) in [7, 11) is 0. The maximum Gasteiger partial charge on any atom is 0.344 e. The van der Waals surface area contributed by atoms with Gasteiger partial charge in [0.15, 0.2) is 0 Å². The van der Waals surface area contributed by atoms with Crippen LogP contribution >= 0.6 is 11.3 Å². The number of amides is 4. The fourth-order valence-electron chi connectivity index (χ4n) is 3.39. The lowest BCUT2D eigenvalue weighted by Crippen LogP contribution is -2.48. The molecule has 4 amide bonds. The maximum absolute atomic E-state index is 12.9. The van der Waals surface area contributed by atoms with E-state index in [9.17, 15) is 14.4 Å². The Kier molecular flexibility index (Phi) is 5.32. The summed E-state index contributed by atoms with van der Waals surface area (Å²) < 4.78 is 0. The molecule has 0 unspecified atom stereocenters. The highest BCUT2D eigenvalue weighted by atomic mass is 32.1. The molecule has 1 aliphatic heterocycles. The van der Waals surface area contributed by atoms with Gasteiger partial charge in [0.25, 0.3) is 11.8 Å². The van der Waals surface area contributed by atoms with Gasteiger partial charge in [0.1, 0.15) is 16.2 Å². The third-order valence-electron chi connectivity index (χ3n) is 5.32. The summed E-state index contributed by atoms with van der Waals surface area (Å²) in [4.78, 5) is 42.4. The Hall–Kier alpha value is -3.52. The van der Waals surface area contributed by atoms with Gasteiger partial charge in [-0.1, -0.05) is 68.4 Å². The molecule has 1 aliphatic rings. The second kappa shape index (κ2) is 7.96. The first-order valence-corrected chi connectivity index (χ1v) is 10.8. The average Bonchev–Trinajstić information content (AvgIpc) is 3.35. The van der Waals surface area contributed by atoms with Gasteiger partial charge in [-0.05, 0) is 24.0 Å². The van der Waals surface area contributed by atoms with E-state index in [-0.39, 0.29) is 5.69 Å². The van der Waals surface area contributed by atoms with Crippen molar-refractivity contribution in [3.63, 3.8) is 0 Å².